The summed E-state index contributed by atoms with van der Waals surface area (Å²) < 4.78 is 13.0. The van der Waals surface area contributed by atoms with Crippen LogP contribution in [0.2, 0.25) is 0 Å². The van der Waals surface area contributed by atoms with Gasteiger partial charge in [-0.25, -0.2) is 4.39 Å². The van der Waals surface area contributed by atoms with E-state index in [9.17, 15) is 9.18 Å². The van der Waals surface area contributed by atoms with Crippen molar-refractivity contribution < 1.29 is 9.18 Å². The molecule has 0 unspecified atom stereocenters. The number of carbonyl (C=O) groups is 1. The summed E-state index contributed by atoms with van der Waals surface area (Å²) in [6.07, 6.45) is 0. The second kappa shape index (κ2) is 4.96. The van der Waals surface area contributed by atoms with Crippen LogP contribution >= 0.6 is 11.6 Å². The topological polar surface area (TPSA) is 29.1 Å². The number of rotatable bonds is 3. The minimum atomic E-state index is -0.261. The first-order valence-electron chi connectivity index (χ1n) is 4.22. The maximum absolute atomic E-state index is 13.0. The number of carbonyl (C=O) groups excluding carboxylic acids is 1. The Kier molecular flexibility index (Phi) is 3.89. The first-order valence-corrected chi connectivity index (χ1v) is 4.75. The minimum absolute atomic E-state index is 0.0750. The predicted octanol–water partition coefficient (Wildman–Crippen LogP) is 1.99. The number of halogens is 2. The van der Waals surface area contributed by atoms with Gasteiger partial charge in [0.05, 0.1) is 0 Å². The highest BCUT2D eigenvalue weighted by Gasteiger charge is 2.04. The average molecular weight is 216 g/mol. The predicted molar refractivity (Wildman–Crippen MR) is 53.7 cm³/mol. The molecule has 4 heteroatoms. The van der Waals surface area contributed by atoms with Crippen molar-refractivity contribution in [3.8, 4) is 0 Å². The van der Waals surface area contributed by atoms with Crippen LogP contribution < -0.4 is 5.32 Å². The smallest absolute Gasteiger partial charge is 0.235 e. The van der Waals surface area contributed by atoms with Gasteiger partial charge >= 0.3 is 0 Å². The van der Waals surface area contributed by atoms with E-state index in [1.807, 2.05) is 0 Å². The van der Waals surface area contributed by atoms with Crippen molar-refractivity contribution in [2.45, 2.75) is 13.5 Å². The van der Waals surface area contributed by atoms with E-state index in [0.29, 0.717) is 12.1 Å². The van der Waals surface area contributed by atoms with Crippen molar-refractivity contribution in [1.82, 2.24) is 5.32 Å². The van der Waals surface area contributed by atoms with E-state index >= 15 is 0 Å². The molecule has 0 aromatic heterocycles. The van der Waals surface area contributed by atoms with Gasteiger partial charge in [-0.05, 0) is 24.1 Å². The number of hydrogen-bond acceptors (Lipinski definition) is 1. The second-order valence-corrected chi connectivity index (χ2v) is 3.20. The lowest BCUT2D eigenvalue weighted by Crippen LogP contribution is -2.24. The van der Waals surface area contributed by atoms with E-state index < -0.39 is 0 Å². The Balaban J connectivity index is 2.68. The molecule has 14 heavy (non-hydrogen) atoms. The van der Waals surface area contributed by atoms with Crippen molar-refractivity contribution in [3.63, 3.8) is 0 Å². The molecular formula is C10H11ClFNO. The van der Waals surface area contributed by atoms with E-state index in [4.69, 9.17) is 11.6 Å². The second-order valence-electron chi connectivity index (χ2n) is 2.93. The summed E-state index contributed by atoms with van der Waals surface area (Å²) in [5.41, 5.74) is 1.32. The van der Waals surface area contributed by atoms with Crippen LogP contribution in [0.1, 0.15) is 11.1 Å². The van der Waals surface area contributed by atoms with Crippen LogP contribution in [0.4, 0.5) is 4.39 Å². The zero-order valence-corrected chi connectivity index (χ0v) is 8.57. The fourth-order valence-corrected chi connectivity index (χ4v) is 1.18. The lowest BCUT2D eigenvalue weighted by atomic mass is 10.1. The third-order valence-corrected chi connectivity index (χ3v) is 2.22. The van der Waals surface area contributed by atoms with Crippen LogP contribution in [0.25, 0.3) is 0 Å². The summed E-state index contributed by atoms with van der Waals surface area (Å²) in [5, 5.41) is 2.58. The van der Waals surface area contributed by atoms with Crippen LogP contribution in [0, 0.1) is 12.7 Å². The fourth-order valence-electron chi connectivity index (χ4n) is 1.08. The molecule has 1 aromatic rings. The molecule has 0 bridgehead atoms. The monoisotopic (exact) mass is 215 g/mol. The molecule has 0 atom stereocenters. The van der Waals surface area contributed by atoms with Crippen molar-refractivity contribution >= 4 is 17.5 Å². The van der Waals surface area contributed by atoms with Crippen LogP contribution in [-0.2, 0) is 11.3 Å². The molecule has 1 rings (SSSR count). The number of nitrogens with one attached hydrogen (secondary N) is 1. The lowest BCUT2D eigenvalue weighted by Gasteiger charge is -2.07. The van der Waals surface area contributed by atoms with Crippen molar-refractivity contribution in [3.05, 3.63) is 35.1 Å². The van der Waals surface area contributed by atoms with Crippen molar-refractivity contribution in [1.29, 1.82) is 0 Å². The highest BCUT2D eigenvalue weighted by Crippen LogP contribution is 2.11. The minimum Gasteiger partial charge on any atom is -0.351 e. The van der Waals surface area contributed by atoms with Gasteiger partial charge in [0.25, 0.3) is 0 Å². The van der Waals surface area contributed by atoms with Crippen LogP contribution in [0.5, 0.6) is 0 Å². The maximum atomic E-state index is 13.0. The zero-order chi connectivity index (χ0) is 10.6. The Morgan fingerprint density at radius 2 is 2.29 bits per heavy atom. The summed E-state index contributed by atoms with van der Waals surface area (Å²) in [7, 11) is 0. The molecule has 0 heterocycles. The molecule has 1 aromatic carbocycles. The number of hydrogen-bond donors (Lipinski definition) is 1. The van der Waals surface area contributed by atoms with Gasteiger partial charge < -0.3 is 5.32 Å². The van der Waals surface area contributed by atoms with Crippen LogP contribution in [0.15, 0.2) is 18.2 Å². The van der Waals surface area contributed by atoms with Gasteiger partial charge in [0.2, 0.25) is 5.91 Å². The fraction of sp³-hybridized carbons (Fsp3) is 0.300. The SMILES string of the molecule is Cc1c(F)cccc1CNC(=O)CCl. The third kappa shape index (κ3) is 2.70. The Morgan fingerprint density at radius 3 is 2.93 bits per heavy atom. The molecular weight excluding hydrogens is 205 g/mol. The van der Waals surface area contributed by atoms with Gasteiger partial charge in [-0.15, -0.1) is 11.6 Å². The maximum Gasteiger partial charge on any atom is 0.235 e. The summed E-state index contributed by atoms with van der Waals surface area (Å²) in [4.78, 5) is 10.8. The standard InChI is InChI=1S/C10H11ClFNO/c1-7-8(3-2-4-9(7)12)6-13-10(14)5-11/h2-4H,5-6H2,1H3,(H,13,14). The molecule has 0 aliphatic carbocycles. The van der Waals surface area contributed by atoms with Crippen molar-refractivity contribution in [2.24, 2.45) is 0 Å². The molecule has 2 nitrogen and oxygen atoms in total. The molecule has 1 amide bonds. The van der Waals surface area contributed by atoms with E-state index in [1.54, 1.807) is 19.1 Å². The Morgan fingerprint density at radius 1 is 1.57 bits per heavy atom. The van der Waals surface area contributed by atoms with E-state index in [0.717, 1.165) is 5.56 Å². The van der Waals surface area contributed by atoms with E-state index in [2.05, 4.69) is 5.32 Å². The average Bonchev–Trinajstić information content (AvgIpc) is 2.20. The molecule has 0 saturated heterocycles. The largest absolute Gasteiger partial charge is 0.351 e. The lowest BCUT2D eigenvalue weighted by molar-refractivity contribution is -0.118. The molecule has 0 saturated carbocycles. The van der Waals surface area contributed by atoms with Gasteiger partial charge in [-0.2, -0.15) is 0 Å². The molecule has 0 aliphatic rings. The molecule has 76 valence electrons. The third-order valence-electron chi connectivity index (χ3n) is 1.98. The summed E-state index contributed by atoms with van der Waals surface area (Å²) in [5.74, 6) is -0.591. The first kappa shape index (κ1) is 11.0. The summed E-state index contributed by atoms with van der Waals surface area (Å²) in [6.45, 7) is 1.99. The molecule has 0 fully saturated rings. The highest BCUT2D eigenvalue weighted by atomic mass is 35.5. The first-order chi connectivity index (χ1) is 6.65. The summed E-state index contributed by atoms with van der Waals surface area (Å²) in [6, 6.07) is 4.78. The molecule has 0 spiro atoms. The van der Waals surface area contributed by atoms with Gasteiger partial charge in [0.15, 0.2) is 0 Å². The van der Waals surface area contributed by atoms with Gasteiger partial charge in [-0.3, -0.25) is 4.79 Å². The summed E-state index contributed by atoms with van der Waals surface area (Å²) >= 11 is 5.30. The molecule has 1 N–H and O–H groups in total. The molecule has 0 aliphatic heterocycles. The van der Waals surface area contributed by atoms with Crippen LogP contribution in [-0.4, -0.2) is 11.8 Å². The number of benzene rings is 1. The normalized spacial score (nSPS) is 9.93. The van der Waals surface area contributed by atoms with Gasteiger partial charge in [0, 0.05) is 6.54 Å². The van der Waals surface area contributed by atoms with Crippen molar-refractivity contribution in [2.75, 3.05) is 5.88 Å². The zero-order valence-electron chi connectivity index (χ0n) is 7.81. The molecule has 0 radical (unpaired) electrons. The highest BCUT2D eigenvalue weighted by molar-refractivity contribution is 6.27. The van der Waals surface area contributed by atoms with E-state index in [-0.39, 0.29) is 17.6 Å². The van der Waals surface area contributed by atoms with Gasteiger partial charge in [-0.1, -0.05) is 12.1 Å². The number of amides is 1. The Bertz CT molecular complexity index is 341. The number of alkyl halides is 1. The Hall–Kier alpha value is -1.09. The van der Waals surface area contributed by atoms with Gasteiger partial charge in [0.1, 0.15) is 11.7 Å². The van der Waals surface area contributed by atoms with E-state index in [1.165, 1.54) is 6.07 Å². The Labute approximate surface area is 87.1 Å². The van der Waals surface area contributed by atoms with Crippen LogP contribution in [0.3, 0.4) is 0 Å². The quantitative estimate of drug-likeness (QED) is 0.768.